The molecule has 1 amide bonds. The molecule has 6 nitrogen and oxygen atoms in total. The fourth-order valence-electron chi connectivity index (χ4n) is 3.28. The average molecular weight is 390 g/mol. The highest BCUT2D eigenvalue weighted by Crippen LogP contribution is 2.23. The van der Waals surface area contributed by atoms with Gasteiger partial charge in [-0.2, -0.15) is 0 Å². The number of aryl methyl sites for hydroxylation is 1. The van der Waals surface area contributed by atoms with Crippen LogP contribution in [0.25, 0.3) is 11.3 Å². The molecule has 0 bridgehead atoms. The van der Waals surface area contributed by atoms with Gasteiger partial charge < -0.3 is 15.5 Å². The molecule has 1 heterocycles. The Bertz CT molecular complexity index is 969. The number of aromatic nitrogens is 2. The first kappa shape index (κ1) is 20.5. The van der Waals surface area contributed by atoms with Crippen molar-refractivity contribution in [2.24, 2.45) is 0 Å². The number of benzene rings is 2. The fraction of sp³-hybridized carbons (Fsp3) is 0.261. The number of nitrogens with zero attached hydrogens (tertiary/aromatic N) is 3. The smallest absolute Gasteiger partial charge is 0.251 e. The van der Waals surface area contributed by atoms with Crippen molar-refractivity contribution in [3.05, 3.63) is 77.6 Å². The van der Waals surface area contributed by atoms with Crippen molar-refractivity contribution in [1.82, 2.24) is 20.2 Å². The van der Waals surface area contributed by atoms with Gasteiger partial charge in [0.05, 0.1) is 6.04 Å². The predicted octanol–water partition coefficient (Wildman–Crippen LogP) is 3.53. The van der Waals surface area contributed by atoms with Crippen LogP contribution in [-0.2, 0) is 0 Å². The average Bonchev–Trinajstić information content (AvgIpc) is 2.73. The maximum absolute atomic E-state index is 12.7. The second kappa shape index (κ2) is 9.30. The van der Waals surface area contributed by atoms with Crippen molar-refractivity contribution >= 4 is 11.7 Å². The van der Waals surface area contributed by atoms with Gasteiger partial charge in [0.2, 0.25) is 0 Å². The summed E-state index contributed by atoms with van der Waals surface area (Å²) in [4.78, 5) is 23.4. The number of carbonyl (C=O) groups excluding carboxylic acids is 1. The van der Waals surface area contributed by atoms with E-state index < -0.39 is 0 Å². The lowest BCUT2D eigenvalue weighted by atomic mass is 10.0. The zero-order chi connectivity index (χ0) is 20.8. The molecule has 0 aliphatic carbocycles. The zero-order valence-electron chi connectivity index (χ0n) is 17.3. The van der Waals surface area contributed by atoms with Crippen molar-refractivity contribution < 1.29 is 4.79 Å². The van der Waals surface area contributed by atoms with Crippen LogP contribution in [0, 0.1) is 6.92 Å². The summed E-state index contributed by atoms with van der Waals surface area (Å²) >= 11 is 0. The van der Waals surface area contributed by atoms with Crippen molar-refractivity contribution in [2.75, 3.05) is 33.0 Å². The Labute approximate surface area is 172 Å². The van der Waals surface area contributed by atoms with E-state index in [2.05, 4.69) is 50.6 Å². The Balaban J connectivity index is 1.70. The van der Waals surface area contributed by atoms with Gasteiger partial charge in [-0.05, 0) is 38.7 Å². The van der Waals surface area contributed by atoms with Crippen LogP contribution in [0.2, 0.25) is 0 Å². The van der Waals surface area contributed by atoms with Gasteiger partial charge in [0.15, 0.2) is 5.82 Å². The maximum Gasteiger partial charge on any atom is 0.251 e. The lowest BCUT2D eigenvalue weighted by Gasteiger charge is -2.25. The van der Waals surface area contributed by atoms with Gasteiger partial charge in [-0.15, -0.1) is 0 Å². The van der Waals surface area contributed by atoms with Crippen LogP contribution in [0.4, 0.5) is 5.82 Å². The topological polar surface area (TPSA) is 70.1 Å². The molecule has 0 spiro atoms. The third-order valence-corrected chi connectivity index (χ3v) is 4.86. The second-order valence-electron chi connectivity index (χ2n) is 7.18. The number of carbonyl (C=O) groups is 1. The molecule has 1 aromatic heterocycles. The minimum absolute atomic E-state index is 0.0935. The molecule has 150 valence electrons. The molecule has 0 saturated heterocycles. The van der Waals surface area contributed by atoms with Crippen molar-refractivity contribution in [1.29, 1.82) is 0 Å². The largest absolute Gasteiger partial charge is 0.371 e. The summed E-state index contributed by atoms with van der Waals surface area (Å²) in [5, 5.41) is 6.10. The lowest BCUT2D eigenvalue weighted by Crippen LogP contribution is -2.34. The standard InChI is InChI=1S/C23H27N5O/c1-16-6-5-7-19(14-16)20(28(3)4)15-27-23(29)18-10-8-17(9-11-18)21-22(24-2)26-13-12-25-21/h5-14,20H,15H2,1-4H3,(H,24,26)(H,27,29)/t20-/m1/s1. The number of nitrogens with one attached hydrogen (secondary N) is 2. The molecule has 3 aromatic rings. The van der Waals surface area contributed by atoms with Crippen LogP contribution in [0.15, 0.2) is 60.9 Å². The zero-order valence-corrected chi connectivity index (χ0v) is 17.3. The van der Waals surface area contributed by atoms with Crippen LogP contribution in [0.5, 0.6) is 0 Å². The summed E-state index contributed by atoms with van der Waals surface area (Å²) in [6.07, 6.45) is 3.30. The number of likely N-dealkylation sites (N-methyl/N-ethyl adjacent to an activating group) is 1. The second-order valence-corrected chi connectivity index (χ2v) is 7.18. The minimum Gasteiger partial charge on any atom is -0.371 e. The number of hydrogen-bond donors (Lipinski definition) is 2. The van der Waals surface area contributed by atoms with Gasteiger partial charge in [0.25, 0.3) is 5.91 Å². The molecule has 2 N–H and O–H groups in total. The highest BCUT2D eigenvalue weighted by molar-refractivity contribution is 5.94. The molecule has 3 rings (SSSR count). The quantitative estimate of drug-likeness (QED) is 0.647. The van der Waals surface area contributed by atoms with E-state index >= 15 is 0 Å². The first-order chi connectivity index (χ1) is 14.0. The van der Waals surface area contributed by atoms with Gasteiger partial charge in [-0.1, -0.05) is 42.0 Å². The molecular formula is C23H27N5O. The Hall–Kier alpha value is -3.25. The molecule has 29 heavy (non-hydrogen) atoms. The van der Waals surface area contributed by atoms with E-state index in [1.807, 2.05) is 51.5 Å². The Kier molecular flexibility index (Phi) is 6.57. The van der Waals surface area contributed by atoms with Crippen LogP contribution in [0.3, 0.4) is 0 Å². The van der Waals surface area contributed by atoms with Crippen molar-refractivity contribution in [3.63, 3.8) is 0 Å². The minimum atomic E-state index is -0.0935. The Morgan fingerprint density at radius 1 is 1.07 bits per heavy atom. The third kappa shape index (κ3) is 4.97. The molecule has 6 heteroatoms. The monoisotopic (exact) mass is 389 g/mol. The highest BCUT2D eigenvalue weighted by atomic mass is 16.1. The first-order valence-electron chi connectivity index (χ1n) is 9.60. The predicted molar refractivity (Wildman–Crippen MR) is 117 cm³/mol. The molecule has 0 aliphatic rings. The highest BCUT2D eigenvalue weighted by Gasteiger charge is 2.16. The van der Waals surface area contributed by atoms with E-state index in [0.717, 1.165) is 11.3 Å². The number of rotatable bonds is 7. The van der Waals surface area contributed by atoms with Crippen LogP contribution in [0.1, 0.15) is 27.5 Å². The van der Waals surface area contributed by atoms with Crippen LogP contribution in [-0.4, -0.2) is 48.5 Å². The normalized spacial score (nSPS) is 11.9. The van der Waals surface area contributed by atoms with E-state index in [9.17, 15) is 4.79 Å². The summed E-state index contributed by atoms with van der Waals surface area (Å²) in [7, 11) is 5.85. The van der Waals surface area contributed by atoms with Crippen molar-refractivity contribution in [3.8, 4) is 11.3 Å². The van der Waals surface area contributed by atoms with Crippen molar-refractivity contribution in [2.45, 2.75) is 13.0 Å². The van der Waals surface area contributed by atoms with Crippen LogP contribution >= 0.6 is 0 Å². The number of hydrogen-bond acceptors (Lipinski definition) is 5. The van der Waals surface area contributed by atoms with E-state index in [4.69, 9.17) is 0 Å². The van der Waals surface area contributed by atoms with Gasteiger partial charge in [-0.3, -0.25) is 9.78 Å². The summed E-state index contributed by atoms with van der Waals surface area (Å²) in [5.41, 5.74) is 4.68. The van der Waals surface area contributed by atoms with Gasteiger partial charge in [0.1, 0.15) is 5.69 Å². The van der Waals surface area contributed by atoms with E-state index in [0.29, 0.717) is 17.9 Å². The molecule has 0 fully saturated rings. The third-order valence-electron chi connectivity index (χ3n) is 4.86. The first-order valence-corrected chi connectivity index (χ1v) is 9.60. The summed E-state index contributed by atoms with van der Waals surface area (Å²) in [5.74, 6) is 0.612. The molecule has 0 aliphatic heterocycles. The molecule has 0 radical (unpaired) electrons. The van der Waals surface area contributed by atoms with Gasteiger partial charge in [-0.25, -0.2) is 4.98 Å². The number of amides is 1. The van der Waals surface area contributed by atoms with E-state index in [-0.39, 0.29) is 11.9 Å². The lowest BCUT2D eigenvalue weighted by molar-refractivity contribution is 0.0942. The summed E-state index contributed by atoms with van der Waals surface area (Å²) in [6.45, 7) is 2.61. The van der Waals surface area contributed by atoms with Gasteiger partial charge >= 0.3 is 0 Å². The van der Waals surface area contributed by atoms with E-state index in [1.54, 1.807) is 12.4 Å². The SMILES string of the molecule is CNc1nccnc1-c1ccc(C(=O)NC[C@H](c2cccc(C)c2)N(C)C)cc1. The van der Waals surface area contributed by atoms with Gasteiger partial charge in [0, 0.05) is 37.1 Å². The molecule has 2 aromatic carbocycles. The van der Waals surface area contributed by atoms with Crippen LogP contribution < -0.4 is 10.6 Å². The maximum atomic E-state index is 12.7. The molecular weight excluding hydrogens is 362 g/mol. The fourth-order valence-corrected chi connectivity index (χ4v) is 3.28. The summed E-state index contributed by atoms with van der Waals surface area (Å²) in [6, 6.07) is 15.9. The molecule has 1 atom stereocenters. The Morgan fingerprint density at radius 2 is 1.79 bits per heavy atom. The molecule has 0 unspecified atom stereocenters. The van der Waals surface area contributed by atoms with E-state index in [1.165, 1.54) is 11.1 Å². The summed E-state index contributed by atoms with van der Waals surface area (Å²) < 4.78 is 0. The number of anilines is 1. The Morgan fingerprint density at radius 3 is 2.45 bits per heavy atom. The molecule has 0 saturated carbocycles.